The van der Waals surface area contributed by atoms with Gasteiger partial charge >= 0.3 is 0 Å². The van der Waals surface area contributed by atoms with Crippen LogP contribution in [-0.4, -0.2) is 48.3 Å². The minimum Gasteiger partial charge on any atom is -0.497 e. The van der Waals surface area contributed by atoms with Gasteiger partial charge in [-0.05, 0) is 43.5 Å². The lowest BCUT2D eigenvalue weighted by atomic mass is 10.1. The van der Waals surface area contributed by atoms with Gasteiger partial charge in [-0.15, -0.1) is 0 Å². The van der Waals surface area contributed by atoms with Crippen molar-refractivity contribution < 1.29 is 14.6 Å². The van der Waals surface area contributed by atoms with E-state index in [1.54, 1.807) is 7.11 Å². The first-order valence-corrected chi connectivity index (χ1v) is 6.94. The molecule has 2 rings (SSSR count). The molecule has 1 saturated heterocycles. The van der Waals surface area contributed by atoms with Crippen LogP contribution < -0.4 is 10.5 Å². The molecule has 5 nitrogen and oxygen atoms in total. The van der Waals surface area contributed by atoms with Crippen molar-refractivity contribution in [2.75, 3.05) is 20.2 Å². The van der Waals surface area contributed by atoms with Gasteiger partial charge in [-0.3, -0.25) is 9.69 Å². The fourth-order valence-electron chi connectivity index (χ4n) is 2.74. The number of nitrogens with two attached hydrogens (primary N) is 1. The van der Waals surface area contributed by atoms with Crippen molar-refractivity contribution in [2.24, 2.45) is 5.73 Å². The highest BCUT2D eigenvalue weighted by Crippen LogP contribution is 2.19. The molecular formula is C15H22N2O3. The number of aliphatic hydroxyl groups excluding tert-OH is 1. The standard InChI is InChI=1S/C15H22N2O3/c1-20-13-6-2-4-11(8-13)5-3-7-17-10-12(18)9-14(17)15(16)19/h2,4,6,8,12,14,18H,3,5,7,9-10H2,1H3,(H2,16,19)/t12-,14-/m1/s1. The van der Waals surface area contributed by atoms with E-state index in [1.807, 2.05) is 23.1 Å². The van der Waals surface area contributed by atoms with E-state index in [2.05, 4.69) is 6.07 Å². The number of aryl methyl sites for hydroxylation is 1. The van der Waals surface area contributed by atoms with Crippen LogP contribution in [0, 0.1) is 0 Å². The predicted octanol–water partition coefficient (Wildman–Crippen LogP) is 0.548. The van der Waals surface area contributed by atoms with Crippen LogP contribution >= 0.6 is 0 Å². The second kappa shape index (κ2) is 6.72. The maximum absolute atomic E-state index is 11.3. The molecule has 2 atom stereocenters. The third kappa shape index (κ3) is 3.71. The second-order valence-corrected chi connectivity index (χ2v) is 5.26. The Morgan fingerprint density at radius 3 is 3.05 bits per heavy atom. The maximum atomic E-state index is 11.3. The number of benzene rings is 1. The third-order valence-corrected chi connectivity index (χ3v) is 3.75. The second-order valence-electron chi connectivity index (χ2n) is 5.26. The number of methoxy groups -OCH3 is 1. The number of primary amides is 1. The van der Waals surface area contributed by atoms with Crippen LogP contribution in [0.3, 0.4) is 0 Å². The first-order chi connectivity index (χ1) is 9.60. The van der Waals surface area contributed by atoms with Gasteiger partial charge in [0.15, 0.2) is 0 Å². The van der Waals surface area contributed by atoms with Gasteiger partial charge in [-0.2, -0.15) is 0 Å². The largest absolute Gasteiger partial charge is 0.497 e. The van der Waals surface area contributed by atoms with Gasteiger partial charge in [0.25, 0.3) is 0 Å². The summed E-state index contributed by atoms with van der Waals surface area (Å²) in [6.45, 7) is 1.30. The number of carbonyl (C=O) groups excluding carboxylic acids is 1. The Labute approximate surface area is 119 Å². The van der Waals surface area contributed by atoms with Crippen LogP contribution in [0.5, 0.6) is 5.75 Å². The molecule has 1 aromatic carbocycles. The first kappa shape index (κ1) is 14.8. The zero-order valence-corrected chi connectivity index (χ0v) is 11.8. The molecule has 0 unspecified atom stereocenters. The van der Waals surface area contributed by atoms with Crippen LogP contribution in [-0.2, 0) is 11.2 Å². The van der Waals surface area contributed by atoms with E-state index in [1.165, 1.54) is 5.56 Å². The number of carbonyl (C=O) groups is 1. The number of hydrogen-bond acceptors (Lipinski definition) is 4. The van der Waals surface area contributed by atoms with E-state index in [9.17, 15) is 9.90 Å². The zero-order valence-electron chi connectivity index (χ0n) is 11.8. The van der Waals surface area contributed by atoms with Crippen LogP contribution in [0.15, 0.2) is 24.3 Å². The summed E-state index contributed by atoms with van der Waals surface area (Å²) in [4.78, 5) is 13.3. The van der Waals surface area contributed by atoms with Crippen LogP contribution in [0.1, 0.15) is 18.4 Å². The Morgan fingerprint density at radius 1 is 1.55 bits per heavy atom. The summed E-state index contributed by atoms with van der Waals surface area (Å²) in [6, 6.07) is 7.65. The highest BCUT2D eigenvalue weighted by molar-refractivity contribution is 5.80. The molecule has 110 valence electrons. The topological polar surface area (TPSA) is 75.8 Å². The number of hydrogen-bond donors (Lipinski definition) is 2. The molecule has 0 aromatic heterocycles. The summed E-state index contributed by atoms with van der Waals surface area (Å²) in [6.07, 6.45) is 1.84. The molecule has 1 aromatic rings. The molecule has 20 heavy (non-hydrogen) atoms. The highest BCUT2D eigenvalue weighted by atomic mass is 16.5. The first-order valence-electron chi connectivity index (χ1n) is 6.94. The molecule has 0 bridgehead atoms. The van der Waals surface area contributed by atoms with Crippen molar-refractivity contribution >= 4 is 5.91 Å². The van der Waals surface area contributed by atoms with Crippen molar-refractivity contribution in [3.8, 4) is 5.75 Å². The molecular weight excluding hydrogens is 256 g/mol. The monoisotopic (exact) mass is 278 g/mol. The van der Waals surface area contributed by atoms with Gasteiger partial charge in [0.2, 0.25) is 5.91 Å². The van der Waals surface area contributed by atoms with Crippen molar-refractivity contribution in [2.45, 2.75) is 31.4 Å². The number of rotatable bonds is 6. The molecule has 0 radical (unpaired) electrons. The Kier molecular flexibility index (Phi) is 4.98. The highest BCUT2D eigenvalue weighted by Gasteiger charge is 2.33. The lowest BCUT2D eigenvalue weighted by molar-refractivity contribution is -0.122. The normalized spacial score (nSPS) is 22.9. The lowest BCUT2D eigenvalue weighted by Gasteiger charge is -2.21. The Hall–Kier alpha value is -1.59. The van der Waals surface area contributed by atoms with E-state index in [0.29, 0.717) is 13.0 Å². The Bertz CT molecular complexity index is 464. The summed E-state index contributed by atoms with van der Waals surface area (Å²) < 4.78 is 5.19. The lowest BCUT2D eigenvalue weighted by Crippen LogP contribution is -2.40. The van der Waals surface area contributed by atoms with Gasteiger partial charge in [0.1, 0.15) is 5.75 Å². The summed E-state index contributed by atoms with van der Waals surface area (Å²) in [5.41, 5.74) is 6.57. The van der Waals surface area contributed by atoms with Crippen molar-refractivity contribution in [3.05, 3.63) is 29.8 Å². The van der Waals surface area contributed by atoms with Crippen LogP contribution in [0.4, 0.5) is 0 Å². The molecule has 0 aliphatic carbocycles. The van der Waals surface area contributed by atoms with Crippen LogP contribution in [0.2, 0.25) is 0 Å². The maximum Gasteiger partial charge on any atom is 0.234 e. The van der Waals surface area contributed by atoms with E-state index in [0.717, 1.165) is 25.1 Å². The van der Waals surface area contributed by atoms with Gasteiger partial charge < -0.3 is 15.6 Å². The zero-order chi connectivity index (χ0) is 14.5. The predicted molar refractivity (Wildman–Crippen MR) is 76.5 cm³/mol. The number of nitrogens with zero attached hydrogens (tertiary/aromatic N) is 1. The average molecular weight is 278 g/mol. The minimum atomic E-state index is -0.440. The summed E-state index contributed by atoms with van der Waals surface area (Å²) in [5.74, 6) is 0.511. The molecule has 1 amide bonds. The third-order valence-electron chi connectivity index (χ3n) is 3.75. The molecule has 0 saturated carbocycles. The smallest absolute Gasteiger partial charge is 0.234 e. The molecule has 5 heteroatoms. The molecule has 0 spiro atoms. The number of ether oxygens (including phenoxy) is 1. The van der Waals surface area contributed by atoms with Gasteiger partial charge in [-0.1, -0.05) is 12.1 Å². The van der Waals surface area contributed by atoms with E-state index in [4.69, 9.17) is 10.5 Å². The van der Waals surface area contributed by atoms with Gasteiger partial charge in [-0.25, -0.2) is 0 Å². The fraction of sp³-hybridized carbons (Fsp3) is 0.533. The molecule has 1 aliphatic rings. The van der Waals surface area contributed by atoms with Gasteiger partial charge in [0, 0.05) is 6.54 Å². The van der Waals surface area contributed by atoms with E-state index in [-0.39, 0.29) is 11.9 Å². The number of aliphatic hydroxyl groups is 1. The quantitative estimate of drug-likeness (QED) is 0.796. The van der Waals surface area contributed by atoms with Crippen LogP contribution in [0.25, 0.3) is 0 Å². The summed E-state index contributed by atoms with van der Waals surface area (Å²) >= 11 is 0. The van der Waals surface area contributed by atoms with Crippen molar-refractivity contribution in [3.63, 3.8) is 0 Å². The number of β-amino-alcohol motifs (C(OH)–C–C–N with tert-alkyl or cyclic N) is 1. The average Bonchev–Trinajstić information content (AvgIpc) is 2.80. The van der Waals surface area contributed by atoms with E-state index >= 15 is 0 Å². The molecule has 1 fully saturated rings. The molecule has 3 N–H and O–H groups in total. The van der Waals surface area contributed by atoms with Crippen molar-refractivity contribution in [1.29, 1.82) is 0 Å². The summed E-state index contributed by atoms with van der Waals surface area (Å²) in [7, 11) is 1.65. The minimum absolute atomic E-state index is 0.324. The van der Waals surface area contributed by atoms with Crippen molar-refractivity contribution in [1.82, 2.24) is 4.90 Å². The number of amides is 1. The van der Waals surface area contributed by atoms with E-state index < -0.39 is 6.10 Å². The SMILES string of the molecule is COc1cccc(CCCN2C[C@H](O)C[C@@H]2C(N)=O)c1. The fourth-order valence-corrected chi connectivity index (χ4v) is 2.74. The van der Waals surface area contributed by atoms with Gasteiger partial charge in [0.05, 0.1) is 19.3 Å². The Morgan fingerprint density at radius 2 is 2.35 bits per heavy atom. The Balaban J connectivity index is 1.84. The number of likely N-dealkylation sites (tertiary alicyclic amines) is 1. The summed E-state index contributed by atoms with van der Waals surface area (Å²) in [5, 5.41) is 9.64. The molecule has 1 aliphatic heterocycles. The molecule has 1 heterocycles.